The van der Waals surface area contributed by atoms with Gasteiger partial charge >= 0.3 is 5.97 Å². The molecule has 0 radical (unpaired) electrons. The third-order valence-electron chi connectivity index (χ3n) is 3.63. The van der Waals surface area contributed by atoms with Crippen LogP contribution in [0.1, 0.15) is 27.3 Å². The molecule has 1 amide bonds. The first-order valence-corrected chi connectivity index (χ1v) is 7.30. The molecule has 1 heterocycles. The second kappa shape index (κ2) is 7.45. The number of carbonyl (C=O) groups excluding carboxylic acids is 2. The van der Waals surface area contributed by atoms with Crippen molar-refractivity contribution in [2.24, 2.45) is 5.16 Å². The smallest absolute Gasteiger partial charge is 0.327 e. The van der Waals surface area contributed by atoms with Crippen molar-refractivity contribution in [2.45, 2.75) is 13.8 Å². The zero-order valence-corrected chi connectivity index (χ0v) is 13.8. The first kappa shape index (κ1) is 17.3. The number of carbonyl (C=O) groups is 2. The van der Waals surface area contributed by atoms with Crippen molar-refractivity contribution >= 4 is 18.1 Å². The maximum Gasteiger partial charge on any atom is 0.327 e. The number of ether oxygens (including phenoxy) is 1. The summed E-state index contributed by atoms with van der Waals surface area (Å²) >= 11 is 0. The lowest BCUT2D eigenvalue weighted by atomic mass is 10.2. The molecule has 2 aromatic rings. The largest absolute Gasteiger partial charge is 0.468 e. The van der Waals surface area contributed by atoms with Gasteiger partial charge in [-0.3, -0.25) is 14.3 Å². The first-order valence-electron chi connectivity index (χ1n) is 7.30. The standard InChI is InChI=1S/C17H19N3O4/c1-12-9-15(10-18-23)13(2)20(12)19(11-16(21)24-3)17(22)14-7-5-4-6-8-14/h4-10,23H,11H2,1-3H3/b18-10-. The Morgan fingerprint density at radius 1 is 1.29 bits per heavy atom. The molecule has 0 aliphatic rings. The Kier molecular flexibility index (Phi) is 5.36. The zero-order chi connectivity index (χ0) is 17.7. The number of methoxy groups -OCH3 is 1. The van der Waals surface area contributed by atoms with Crippen LogP contribution in [0, 0.1) is 13.8 Å². The van der Waals surface area contributed by atoms with E-state index in [-0.39, 0.29) is 12.5 Å². The second-order valence-electron chi connectivity index (χ2n) is 5.19. The van der Waals surface area contributed by atoms with Gasteiger partial charge in [-0.25, -0.2) is 5.01 Å². The van der Waals surface area contributed by atoms with Gasteiger partial charge in [-0.05, 0) is 32.0 Å². The van der Waals surface area contributed by atoms with Gasteiger partial charge in [0.25, 0.3) is 5.91 Å². The van der Waals surface area contributed by atoms with E-state index in [4.69, 9.17) is 9.94 Å². The van der Waals surface area contributed by atoms with E-state index in [1.54, 1.807) is 48.9 Å². The van der Waals surface area contributed by atoms with Crippen molar-refractivity contribution < 1.29 is 19.5 Å². The highest BCUT2D eigenvalue weighted by Crippen LogP contribution is 2.16. The van der Waals surface area contributed by atoms with Crippen LogP contribution in [0.15, 0.2) is 41.6 Å². The van der Waals surface area contributed by atoms with Gasteiger partial charge in [0.05, 0.1) is 13.3 Å². The van der Waals surface area contributed by atoms with Crippen LogP contribution in [0.4, 0.5) is 0 Å². The van der Waals surface area contributed by atoms with Gasteiger partial charge in [0.1, 0.15) is 6.54 Å². The van der Waals surface area contributed by atoms with Gasteiger partial charge in [0.2, 0.25) is 0 Å². The van der Waals surface area contributed by atoms with Crippen LogP contribution < -0.4 is 5.01 Å². The highest BCUT2D eigenvalue weighted by Gasteiger charge is 2.24. The molecule has 0 bridgehead atoms. The van der Waals surface area contributed by atoms with Crippen molar-refractivity contribution in [3.8, 4) is 0 Å². The predicted octanol–water partition coefficient (Wildman–Crippen LogP) is 1.86. The van der Waals surface area contributed by atoms with E-state index in [9.17, 15) is 9.59 Å². The Labute approximate surface area is 139 Å². The molecule has 0 aliphatic heterocycles. The summed E-state index contributed by atoms with van der Waals surface area (Å²) < 4.78 is 6.32. The number of esters is 1. The van der Waals surface area contributed by atoms with E-state index in [0.29, 0.717) is 16.8 Å². The second-order valence-corrected chi connectivity index (χ2v) is 5.19. The molecule has 0 atom stereocenters. The summed E-state index contributed by atoms with van der Waals surface area (Å²) in [4.78, 5) is 24.7. The number of amides is 1. The Bertz CT molecular complexity index is 766. The van der Waals surface area contributed by atoms with Crippen molar-refractivity contribution in [1.82, 2.24) is 4.68 Å². The van der Waals surface area contributed by atoms with E-state index in [0.717, 1.165) is 5.69 Å². The molecule has 0 saturated heterocycles. The molecule has 7 heteroatoms. The van der Waals surface area contributed by atoms with Crippen LogP contribution in [0.25, 0.3) is 0 Å². The summed E-state index contributed by atoms with van der Waals surface area (Å²) in [6.07, 6.45) is 1.28. The monoisotopic (exact) mass is 329 g/mol. The summed E-state index contributed by atoms with van der Waals surface area (Å²) in [6.45, 7) is 3.33. The van der Waals surface area contributed by atoms with Crippen LogP contribution in [0.2, 0.25) is 0 Å². The number of benzene rings is 1. The number of aromatic nitrogens is 1. The number of nitrogens with zero attached hydrogens (tertiary/aromatic N) is 3. The summed E-state index contributed by atoms with van der Waals surface area (Å²) in [7, 11) is 1.27. The van der Waals surface area contributed by atoms with Gasteiger partial charge in [-0.2, -0.15) is 0 Å². The summed E-state index contributed by atoms with van der Waals surface area (Å²) in [5.74, 6) is -0.876. The lowest BCUT2D eigenvalue weighted by molar-refractivity contribution is -0.139. The molecule has 0 aliphatic carbocycles. The third kappa shape index (κ3) is 3.45. The van der Waals surface area contributed by atoms with Gasteiger partial charge in [-0.15, -0.1) is 0 Å². The maximum atomic E-state index is 12.9. The molecule has 7 nitrogen and oxygen atoms in total. The minimum Gasteiger partial charge on any atom is -0.468 e. The number of rotatable bonds is 5. The van der Waals surface area contributed by atoms with Crippen molar-refractivity contribution in [3.63, 3.8) is 0 Å². The minimum absolute atomic E-state index is 0.240. The predicted molar refractivity (Wildman–Crippen MR) is 89.2 cm³/mol. The first-order chi connectivity index (χ1) is 11.5. The van der Waals surface area contributed by atoms with E-state index in [1.807, 2.05) is 6.07 Å². The van der Waals surface area contributed by atoms with E-state index < -0.39 is 5.97 Å². The highest BCUT2D eigenvalue weighted by atomic mass is 16.5. The average molecular weight is 329 g/mol. The van der Waals surface area contributed by atoms with Crippen LogP contribution in [-0.2, 0) is 9.53 Å². The number of hydrogen-bond donors (Lipinski definition) is 1. The van der Waals surface area contributed by atoms with Gasteiger partial charge in [-0.1, -0.05) is 23.4 Å². The molecule has 0 fully saturated rings. The Morgan fingerprint density at radius 2 is 1.96 bits per heavy atom. The van der Waals surface area contributed by atoms with Gasteiger partial charge < -0.3 is 9.94 Å². The molecule has 1 aromatic heterocycles. The average Bonchev–Trinajstić information content (AvgIpc) is 2.87. The van der Waals surface area contributed by atoms with E-state index >= 15 is 0 Å². The lowest BCUT2D eigenvalue weighted by Gasteiger charge is -2.26. The normalized spacial score (nSPS) is 10.8. The van der Waals surface area contributed by atoms with Crippen LogP contribution in [-0.4, -0.2) is 41.6 Å². The molecule has 0 spiro atoms. The van der Waals surface area contributed by atoms with Crippen molar-refractivity contribution in [1.29, 1.82) is 0 Å². The minimum atomic E-state index is -0.538. The van der Waals surface area contributed by atoms with Crippen LogP contribution in [0.3, 0.4) is 0 Å². The number of aryl methyl sites for hydroxylation is 1. The number of hydrogen-bond acceptors (Lipinski definition) is 5. The fourth-order valence-electron chi connectivity index (χ4n) is 2.49. The molecular weight excluding hydrogens is 310 g/mol. The molecule has 126 valence electrons. The summed E-state index contributed by atoms with van der Waals surface area (Å²) in [5.41, 5.74) is 2.48. The lowest BCUT2D eigenvalue weighted by Crippen LogP contribution is -2.45. The van der Waals surface area contributed by atoms with Crippen molar-refractivity contribution in [3.05, 3.63) is 58.9 Å². The number of oxime groups is 1. The third-order valence-corrected chi connectivity index (χ3v) is 3.63. The Balaban J connectivity index is 2.51. The zero-order valence-electron chi connectivity index (χ0n) is 13.8. The summed E-state index contributed by atoms with van der Waals surface area (Å²) in [6, 6.07) is 10.4. The molecule has 0 unspecified atom stereocenters. The summed E-state index contributed by atoms with van der Waals surface area (Å²) in [5, 5.41) is 13.1. The SMILES string of the molecule is COC(=O)CN(C(=O)c1ccccc1)n1c(C)cc(/C=N\O)c1C. The topological polar surface area (TPSA) is 84.1 Å². The fourth-order valence-corrected chi connectivity index (χ4v) is 2.49. The molecule has 0 saturated carbocycles. The van der Waals surface area contributed by atoms with Gasteiger partial charge in [0.15, 0.2) is 0 Å². The molecule has 24 heavy (non-hydrogen) atoms. The van der Waals surface area contributed by atoms with Gasteiger partial charge in [0, 0.05) is 22.5 Å². The molecule has 1 N–H and O–H groups in total. The molecule has 2 rings (SSSR count). The quantitative estimate of drug-likeness (QED) is 0.393. The van der Waals surface area contributed by atoms with E-state index in [1.165, 1.54) is 18.3 Å². The Hall–Kier alpha value is -3.09. The molecule has 1 aromatic carbocycles. The Morgan fingerprint density at radius 3 is 2.54 bits per heavy atom. The maximum absolute atomic E-state index is 12.9. The van der Waals surface area contributed by atoms with Crippen molar-refractivity contribution in [2.75, 3.05) is 18.7 Å². The molecular formula is C17H19N3O4. The fraction of sp³-hybridized carbons (Fsp3) is 0.235. The van der Waals surface area contributed by atoms with Crippen LogP contribution >= 0.6 is 0 Å². The van der Waals surface area contributed by atoms with E-state index in [2.05, 4.69) is 5.16 Å². The van der Waals surface area contributed by atoms with Crippen LogP contribution in [0.5, 0.6) is 0 Å². The highest BCUT2D eigenvalue weighted by molar-refractivity contribution is 6.04.